The maximum absolute atomic E-state index is 12.4. The molecule has 4 nitrogen and oxygen atoms in total. The third-order valence-electron chi connectivity index (χ3n) is 6.82. The van der Waals surface area contributed by atoms with Crippen LogP contribution in [0.5, 0.6) is 0 Å². The van der Waals surface area contributed by atoms with Gasteiger partial charge in [-0.05, 0) is 18.8 Å². The number of nitrogens with zero attached hydrogens (tertiary/aromatic N) is 1. The summed E-state index contributed by atoms with van der Waals surface area (Å²) in [4.78, 5) is 19.4. The molecule has 1 fully saturated rings. The first-order valence-electron chi connectivity index (χ1n) is 13.3. The standard InChI is InChI=1S/C26H52N2O2/c1-4-6-8-10-11-12-13-14-15-16-17-18-19-21-23(3)25-26(30-27)28(25)24(29)22-20-9-7-5-2/h23,25-26H,4-22,27H2,1-3H3. The maximum Gasteiger partial charge on any atom is 0.225 e. The average Bonchev–Trinajstić information content (AvgIpc) is 3.49. The largest absolute Gasteiger partial charge is 0.305 e. The molecule has 0 bridgehead atoms. The predicted molar refractivity (Wildman–Crippen MR) is 128 cm³/mol. The molecule has 1 saturated heterocycles. The first-order chi connectivity index (χ1) is 14.7. The Labute approximate surface area is 187 Å². The van der Waals surface area contributed by atoms with E-state index in [0.717, 1.165) is 12.8 Å². The number of amides is 1. The molecule has 0 radical (unpaired) electrons. The highest BCUT2D eigenvalue weighted by molar-refractivity contribution is 5.79. The first kappa shape index (κ1) is 27.4. The van der Waals surface area contributed by atoms with Gasteiger partial charge in [0.05, 0.1) is 6.04 Å². The highest BCUT2D eigenvalue weighted by atomic mass is 16.6. The molecule has 4 heteroatoms. The summed E-state index contributed by atoms with van der Waals surface area (Å²) in [6.45, 7) is 6.73. The van der Waals surface area contributed by atoms with Crippen LogP contribution in [0, 0.1) is 5.92 Å². The minimum Gasteiger partial charge on any atom is -0.305 e. The van der Waals surface area contributed by atoms with Gasteiger partial charge in [-0.2, -0.15) is 0 Å². The third kappa shape index (κ3) is 11.7. The molecular weight excluding hydrogens is 372 g/mol. The van der Waals surface area contributed by atoms with Gasteiger partial charge in [0.25, 0.3) is 0 Å². The Morgan fingerprint density at radius 1 is 0.767 bits per heavy atom. The van der Waals surface area contributed by atoms with Crippen LogP contribution >= 0.6 is 0 Å². The lowest BCUT2D eigenvalue weighted by atomic mass is 9.98. The van der Waals surface area contributed by atoms with E-state index in [1.54, 1.807) is 0 Å². The van der Waals surface area contributed by atoms with Crippen LogP contribution in [-0.2, 0) is 9.63 Å². The minimum atomic E-state index is -0.180. The molecule has 30 heavy (non-hydrogen) atoms. The van der Waals surface area contributed by atoms with Crippen LogP contribution in [0.2, 0.25) is 0 Å². The zero-order chi connectivity index (χ0) is 22.0. The zero-order valence-corrected chi connectivity index (χ0v) is 20.5. The second-order valence-corrected chi connectivity index (χ2v) is 9.64. The molecule has 1 aliphatic rings. The van der Waals surface area contributed by atoms with Crippen molar-refractivity contribution >= 4 is 5.91 Å². The molecule has 0 aliphatic carbocycles. The normalized spacial score (nSPS) is 19.3. The summed E-state index contributed by atoms with van der Waals surface area (Å²) in [7, 11) is 0. The van der Waals surface area contributed by atoms with E-state index in [9.17, 15) is 4.79 Å². The van der Waals surface area contributed by atoms with Crippen LogP contribution in [0.25, 0.3) is 0 Å². The van der Waals surface area contributed by atoms with Crippen molar-refractivity contribution in [2.24, 2.45) is 11.8 Å². The highest BCUT2D eigenvalue weighted by Crippen LogP contribution is 2.37. The van der Waals surface area contributed by atoms with Gasteiger partial charge in [-0.25, -0.2) is 5.90 Å². The predicted octanol–water partition coefficient (Wildman–Crippen LogP) is 7.50. The molecule has 0 spiro atoms. The fourth-order valence-electron chi connectivity index (χ4n) is 4.72. The summed E-state index contributed by atoms with van der Waals surface area (Å²) in [6, 6.07) is 0.200. The van der Waals surface area contributed by atoms with E-state index in [1.165, 1.54) is 103 Å². The molecule has 3 unspecified atom stereocenters. The summed E-state index contributed by atoms with van der Waals surface area (Å²) >= 11 is 0. The molecule has 1 rings (SSSR count). The lowest BCUT2D eigenvalue weighted by Gasteiger charge is -2.11. The van der Waals surface area contributed by atoms with Crippen LogP contribution in [0.3, 0.4) is 0 Å². The number of carbonyl (C=O) groups excluding carboxylic acids is 1. The first-order valence-corrected chi connectivity index (χ1v) is 13.3. The van der Waals surface area contributed by atoms with Gasteiger partial charge in [0.1, 0.15) is 0 Å². The van der Waals surface area contributed by atoms with E-state index in [1.807, 2.05) is 4.90 Å². The van der Waals surface area contributed by atoms with Crippen LogP contribution < -0.4 is 5.90 Å². The molecule has 2 N–H and O–H groups in total. The van der Waals surface area contributed by atoms with Crippen molar-refractivity contribution in [2.75, 3.05) is 0 Å². The SMILES string of the molecule is CCCCCCCCCCCCCCCC(C)C1C(ON)N1C(=O)CCCCCC. The lowest BCUT2D eigenvalue weighted by Crippen LogP contribution is -2.18. The van der Waals surface area contributed by atoms with E-state index in [4.69, 9.17) is 10.7 Å². The van der Waals surface area contributed by atoms with Crippen LogP contribution in [0.1, 0.15) is 143 Å². The second-order valence-electron chi connectivity index (χ2n) is 9.64. The fourth-order valence-corrected chi connectivity index (χ4v) is 4.72. The van der Waals surface area contributed by atoms with Gasteiger partial charge in [0, 0.05) is 6.42 Å². The van der Waals surface area contributed by atoms with E-state index < -0.39 is 0 Å². The molecule has 0 aromatic carbocycles. The molecule has 0 aromatic heterocycles. The second kappa shape index (κ2) is 18.0. The Hall–Kier alpha value is -0.610. The Balaban J connectivity index is 1.99. The van der Waals surface area contributed by atoms with Gasteiger partial charge in [-0.15, -0.1) is 0 Å². The Morgan fingerprint density at radius 3 is 1.67 bits per heavy atom. The Kier molecular flexibility index (Phi) is 16.5. The lowest BCUT2D eigenvalue weighted by molar-refractivity contribution is -0.129. The fraction of sp³-hybridized carbons (Fsp3) is 0.962. The van der Waals surface area contributed by atoms with E-state index in [0.29, 0.717) is 12.3 Å². The van der Waals surface area contributed by atoms with Crippen molar-refractivity contribution in [1.82, 2.24) is 4.90 Å². The molecule has 0 saturated carbocycles. The number of carbonyl (C=O) groups is 1. The minimum absolute atomic E-state index is 0.180. The monoisotopic (exact) mass is 424 g/mol. The van der Waals surface area contributed by atoms with Gasteiger partial charge >= 0.3 is 0 Å². The Morgan fingerprint density at radius 2 is 1.20 bits per heavy atom. The van der Waals surface area contributed by atoms with Crippen molar-refractivity contribution in [2.45, 2.75) is 155 Å². The third-order valence-corrected chi connectivity index (χ3v) is 6.82. The van der Waals surface area contributed by atoms with Crippen molar-refractivity contribution < 1.29 is 9.63 Å². The molecular formula is C26H52N2O2. The van der Waals surface area contributed by atoms with E-state index in [-0.39, 0.29) is 18.2 Å². The zero-order valence-electron chi connectivity index (χ0n) is 20.5. The maximum atomic E-state index is 12.4. The van der Waals surface area contributed by atoms with E-state index >= 15 is 0 Å². The highest BCUT2D eigenvalue weighted by Gasteiger charge is 2.54. The topological polar surface area (TPSA) is 55.3 Å². The van der Waals surface area contributed by atoms with Crippen LogP contribution in [0.4, 0.5) is 0 Å². The average molecular weight is 425 g/mol. The summed E-state index contributed by atoms with van der Waals surface area (Å²) in [6.07, 6.45) is 24.2. The van der Waals surface area contributed by atoms with Gasteiger partial charge < -0.3 is 4.90 Å². The summed E-state index contributed by atoms with van der Waals surface area (Å²) < 4.78 is 0. The summed E-state index contributed by atoms with van der Waals surface area (Å²) in [5, 5.41) is 0. The molecule has 178 valence electrons. The van der Waals surface area contributed by atoms with Gasteiger partial charge in [-0.3, -0.25) is 9.63 Å². The number of hydrogen-bond donors (Lipinski definition) is 1. The van der Waals surface area contributed by atoms with Crippen molar-refractivity contribution in [3.05, 3.63) is 0 Å². The molecule has 0 aromatic rings. The van der Waals surface area contributed by atoms with Crippen molar-refractivity contribution in [3.8, 4) is 0 Å². The quantitative estimate of drug-likeness (QED) is 0.118. The van der Waals surface area contributed by atoms with Crippen LogP contribution in [-0.4, -0.2) is 23.1 Å². The van der Waals surface area contributed by atoms with Crippen molar-refractivity contribution in [1.29, 1.82) is 0 Å². The van der Waals surface area contributed by atoms with E-state index in [2.05, 4.69) is 20.8 Å². The summed E-state index contributed by atoms with van der Waals surface area (Å²) in [5.74, 6) is 6.15. The molecule has 3 atom stereocenters. The molecule has 1 aliphatic heterocycles. The van der Waals surface area contributed by atoms with Crippen LogP contribution in [0.15, 0.2) is 0 Å². The number of rotatable bonds is 21. The molecule has 1 amide bonds. The van der Waals surface area contributed by atoms with Gasteiger partial charge in [-0.1, -0.05) is 124 Å². The Bertz CT molecular complexity index is 416. The summed E-state index contributed by atoms with van der Waals surface area (Å²) in [5.41, 5.74) is 0. The number of unbranched alkanes of at least 4 members (excludes halogenated alkanes) is 15. The van der Waals surface area contributed by atoms with Gasteiger partial charge in [0.15, 0.2) is 6.23 Å². The molecule has 1 heterocycles. The van der Waals surface area contributed by atoms with Gasteiger partial charge in [0.2, 0.25) is 5.91 Å². The number of nitrogens with two attached hydrogens (primary N) is 1. The van der Waals surface area contributed by atoms with Crippen molar-refractivity contribution in [3.63, 3.8) is 0 Å². The smallest absolute Gasteiger partial charge is 0.225 e. The number of hydrogen-bond acceptors (Lipinski definition) is 3.